The SMILES string of the molecule is CCS(=O)(=O)c1cnc(-c2ncccn2)nc1-c1ccc(/C(F)=C(\F)C(F)(F)C(F)(F)C(F)(F)F)cn1. The summed E-state index contributed by atoms with van der Waals surface area (Å²) in [6.45, 7) is 1.30. The fourth-order valence-corrected chi connectivity index (χ4v) is 3.67. The highest BCUT2D eigenvalue weighted by atomic mass is 32.2. The third kappa shape index (κ3) is 5.12. The molecule has 7 nitrogen and oxygen atoms in total. The Balaban J connectivity index is 2.11. The highest BCUT2D eigenvalue weighted by Crippen LogP contribution is 2.51. The summed E-state index contributed by atoms with van der Waals surface area (Å²) < 4.78 is 143. The van der Waals surface area contributed by atoms with Crippen LogP contribution in [0, 0.1) is 0 Å². The van der Waals surface area contributed by atoms with Crippen LogP contribution in [0.1, 0.15) is 12.5 Å². The van der Waals surface area contributed by atoms with Crippen molar-refractivity contribution in [2.75, 3.05) is 5.75 Å². The smallest absolute Gasteiger partial charge is 0.254 e. The molecular weight excluding hydrogens is 545 g/mol. The van der Waals surface area contributed by atoms with Crippen LogP contribution >= 0.6 is 0 Å². The summed E-state index contributed by atoms with van der Waals surface area (Å²) in [5.41, 5.74) is -1.97. The van der Waals surface area contributed by atoms with Crippen molar-refractivity contribution in [1.82, 2.24) is 24.9 Å². The van der Waals surface area contributed by atoms with Gasteiger partial charge in [-0.15, -0.1) is 0 Å². The monoisotopic (exact) mass is 557 g/mol. The molecule has 0 radical (unpaired) electrons. The highest BCUT2D eigenvalue weighted by molar-refractivity contribution is 7.91. The number of nitrogens with zero attached hydrogens (tertiary/aromatic N) is 5. The van der Waals surface area contributed by atoms with E-state index in [4.69, 9.17) is 0 Å². The van der Waals surface area contributed by atoms with Gasteiger partial charge in [0.15, 0.2) is 27.3 Å². The molecule has 198 valence electrons. The first-order valence-corrected chi connectivity index (χ1v) is 11.4. The zero-order valence-corrected chi connectivity index (χ0v) is 18.9. The Morgan fingerprint density at radius 1 is 0.865 bits per heavy atom. The maximum absolute atomic E-state index is 14.2. The van der Waals surface area contributed by atoms with E-state index < -0.39 is 55.7 Å². The molecule has 0 aromatic carbocycles. The normalized spacial score (nSPS) is 13.9. The molecule has 0 saturated carbocycles. The quantitative estimate of drug-likeness (QED) is 0.367. The molecule has 0 bridgehead atoms. The summed E-state index contributed by atoms with van der Waals surface area (Å²) in [4.78, 5) is 18.8. The predicted molar refractivity (Wildman–Crippen MR) is 109 cm³/mol. The Morgan fingerprint density at radius 3 is 2.00 bits per heavy atom. The van der Waals surface area contributed by atoms with Crippen LogP contribution in [0.2, 0.25) is 0 Å². The Kier molecular flexibility index (Phi) is 7.31. The van der Waals surface area contributed by atoms with E-state index in [0.717, 1.165) is 12.3 Å². The summed E-state index contributed by atoms with van der Waals surface area (Å²) in [7, 11) is -4.00. The highest BCUT2D eigenvalue weighted by Gasteiger charge is 2.75. The van der Waals surface area contributed by atoms with Crippen molar-refractivity contribution in [2.45, 2.75) is 29.8 Å². The van der Waals surface area contributed by atoms with Crippen LogP contribution in [-0.4, -0.2) is 57.1 Å². The number of allylic oxidation sites excluding steroid dienone is 1. The number of pyridine rings is 1. The maximum Gasteiger partial charge on any atom is 0.460 e. The first-order valence-electron chi connectivity index (χ1n) is 9.76. The van der Waals surface area contributed by atoms with Gasteiger partial charge in [-0.25, -0.2) is 37.1 Å². The van der Waals surface area contributed by atoms with Crippen molar-refractivity contribution >= 4 is 15.7 Å². The van der Waals surface area contributed by atoms with Crippen LogP contribution in [0.3, 0.4) is 0 Å². The van der Waals surface area contributed by atoms with Crippen molar-refractivity contribution in [3.63, 3.8) is 0 Å². The van der Waals surface area contributed by atoms with Crippen LogP contribution in [0.25, 0.3) is 28.9 Å². The Hall–Kier alpha value is -3.63. The molecule has 37 heavy (non-hydrogen) atoms. The van der Waals surface area contributed by atoms with Crippen molar-refractivity contribution in [3.8, 4) is 23.0 Å². The predicted octanol–water partition coefficient (Wildman–Crippen LogP) is 5.23. The number of hydrogen-bond acceptors (Lipinski definition) is 7. The lowest BCUT2D eigenvalue weighted by Gasteiger charge is -2.27. The van der Waals surface area contributed by atoms with Crippen LogP contribution in [0.5, 0.6) is 0 Å². The summed E-state index contributed by atoms with van der Waals surface area (Å²) in [5, 5.41) is 0. The number of aromatic nitrogens is 5. The summed E-state index contributed by atoms with van der Waals surface area (Å²) >= 11 is 0. The average molecular weight is 557 g/mol. The minimum Gasteiger partial charge on any atom is -0.254 e. The zero-order chi connectivity index (χ0) is 27.8. The molecule has 0 saturated heterocycles. The third-order valence-corrected chi connectivity index (χ3v) is 6.44. The van der Waals surface area contributed by atoms with Crippen LogP contribution in [0.15, 0.2) is 53.7 Å². The zero-order valence-electron chi connectivity index (χ0n) is 18.1. The first kappa shape index (κ1) is 27.9. The molecule has 0 unspecified atom stereocenters. The van der Waals surface area contributed by atoms with Gasteiger partial charge in [0.25, 0.3) is 0 Å². The van der Waals surface area contributed by atoms with Crippen LogP contribution in [-0.2, 0) is 9.84 Å². The number of rotatable bonds is 7. The van der Waals surface area contributed by atoms with Gasteiger partial charge in [-0.2, -0.15) is 30.7 Å². The molecule has 0 aliphatic carbocycles. The number of halogens is 9. The van der Waals surface area contributed by atoms with Gasteiger partial charge in [-0.1, -0.05) is 6.92 Å². The van der Waals surface area contributed by atoms with E-state index in [9.17, 15) is 47.9 Å². The average Bonchev–Trinajstić information content (AvgIpc) is 2.87. The minimum absolute atomic E-state index is 0.0373. The number of sulfone groups is 1. The Labute approximate surface area is 202 Å². The van der Waals surface area contributed by atoms with Gasteiger partial charge in [0.05, 0.1) is 17.6 Å². The lowest BCUT2D eigenvalue weighted by Crippen LogP contribution is -2.52. The second kappa shape index (κ2) is 9.68. The molecule has 0 atom stereocenters. The Morgan fingerprint density at radius 2 is 1.49 bits per heavy atom. The van der Waals surface area contributed by atoms with Gasteiger partial charge in [-0.3, -0.25) is 4.98 Å². The van der Waals surface area contributed by atoms with E-state index in [2.05, 4.69) is 24.9 Å². The van der Waals surface area contributed by atoms with E-state index >= 15 is 0 Å². The standard InChI is InChI=1S/C20H12F9N5O2S/c1-2-37(35,36)12-9-33-17(16-30-6-3-7-31-16)34-14(12)11-5-4-10(8-32-11)13(21)15(22)18(23,24)19(25,26)20(27,28)29/h3-9H,2H2,1H3/b15-13+. The van der Waals surface area contributed by atoms with Crippen molar-refractivity contribution in [3.05, 3.63) is 54.4 Å². The summed E-state index contributed by atoms with van der Waals surface area (Å²) in [6, 6.07) is 2.73. The van der Waals surface area contributed by atoms with E-state index in [1.165, 1.54) is 25.4 Å². The fourth-order valence-electron chi connectivity index (χ4n) is 2.70. The Bertz CT molecular complexity index is 1430. The van der Waals surface area contributed by atoms with Crippen molar-refractivity contribution in [1.29, 1.82) is 0 Å². The molecule has 0 aliphatic heterocycles. The molecule has 0 N–H and O–H groups in total. The third-order valence-electron chi connectivity index (χ3n) is 4.71. The van der Waals surface area contributed by atoms with Gasteiger partial charge in [0.1, 0.15) is 10.6 Å². The van der Waals surface area contributed by atoms with E-state index in [-0.39, 0.29) is 23.0 Å². The molecule has 3 aromatic rings. The van der Waals surface area contributed by atoms with E-state index in [1.54, 1.807) is 0 Å². The second-order valence-corrected chi connectivity index (χ2v) is 9.34. The van der Waals surface area contributed by atoms with Crippen molar-refractivity contribution in [2.24, 2.45) is 0 Å². The summed E-state index contributed by atoms with van der Waals surface area (Å²) in [6.07, 6.45) is -3.00. The van der Waals surface area contributed by atoms with Gasteiger partial charge in [-0.05, 0) is 18.2 Å². The largest absolute Gasteiger partial charge is 0.460 e. The van der Waals surface area contributed by atoms with Gasteiger partial charge < -0.3 is 0 Å². The van der Waals surface area contributed by atoms with Gasteiger partial charge >= 0.3 is 18.0 Å². The van der Waals surface area contributed by atoms with Gasteiger partial charge in [0, 0.05) is 24.2 Å². The number of hydrogen-bond donors (Lipinski definition) is 0. The second-order valence-electron chi connectivity index (χ2n) is 7.09. The molecule has 0 amide bonds. The molecule has 0 fully saturated rings. The molecule has 17 heteroatoms. The minimum atomic E-state index is -6.92. The topological polar surface area (TPSA) is 98.6 Å². The lowest BCUT2D eigenvalue weighted by atomic mass is 10.1. The summed E-state index contributed by atoms with van der Waals surface area (Å²) in [5.74, 6) is -20.6. The molecule has 0 aliphatic rings. The van der Waals surface area contributed by atoms with E-state index in [0.29, 0.717) is 12.3 Å². The molecule has 3 aromatic heterocycles. The van der Waals surface area contributed by atoms with Crippen molar-refractivity contribution < 1.29 is 47.9 Å². The molecule has 3 heterocycles. The fraction of sp³-hybridized carbons (Fsp3) is 0.250. The molecule has 0 spiro atoms. The van der Waals surface area contributed by atoms with E-state index in [1.807, 2.05) is 0 Å². The van der Waals surface area contributed by atoms with Gasteiger partial charge in [0.2, 0.25) is 5.83 Å². The van der Waals surface area contributed by atoms with Crippen LogP contribution in [0.4, 0.5) is 39.5 Å². The maximum atomic E-state index is 14.2. The van der Waals surface area contributed by atoms with Crippen LogP contribution < -0.4 is 0 Å². The first-order chi connectivity index (χ1) is 17.0. The molecular formula is C20H12F9N5O2S. The number of alkyl halides is 7. The molecule has 3 rings (SSSR count). The lowest BCUT2D eigenvalue weighted by molar-refractivity contribution is -0.347.